The molecule has 1 aliphatic rings. The van der Waals surface area contributed by atoms with Crippen molar-refractivity contribution < 1.29 is 23.1 Å². The molecule has 0 spiro atoms. The van der Waals surface area contributed by atoms with Gasteiger partial charge in [-0.2, -0.15) is 0 Å². The number of nitrogens with zero attached hydrogens (tertiary/aromatic N) is 2. The van der Waals surface area contributed by atoms with E-state index in [1.165, 1.54) is 18.4 Å². The molecule has 0 aliphatic heterocycles. The zero-order valence-corrected chi connectivity index (χ0v) is 26.2. The lowest BCUT2D eigenvalue weighted by Crippen LogP contribution is -2.50. The number of aliphatic hydroxyl groups is 1. The van der Waals surface area contributed by atoms with Crippen molar-refractivity contribution in [3.8, 4) is 23.8 Å². The molecule has 9 heteroatoms. The molecule has 2 unspecified atom stereocenters. The van der Waals surface area contributed by atoms with E-state index in [4.69, 9.17) is 10.8 Å². The summed E-state index contributed by atoms with van der Waals surface area (Å²) in [5.74, 6) is 1.15. The normalized spacial score (nSPS) is 14.9. The van der Waals surface area contributed by atoms with Gasteiger partial charge in [0.25, 0.3) is 5.91 Å². The summed E-state index contributed by atoms with van der Waals surface area (Å²) in [6.07, 6.45) is 11.4. The van der Waals surface area contributed by atoms with Gasteiger partial charge in [-0.25, -0.2) is 13.8 Å². The molecule has 7 nitrogen and oxygen atoms in total. The van der Waals surface area contributed by atoms with E-state index in [1.807, 2.05) is 43.4 Å². The largest absolute Gasteiger partial charge is 0.445 e. The standard InChI is InChI=1S/C37H40F2N4O3/c1-4-6-13-43(3)24-27-15-28(21-29(16-27)36-40-12-14-46-36)35(45)42-33(20-26-18-31(38)22-32(39)19-26)34(44)23-41-37(10-11-37)30-9-7-8-25(5-2)17-30/h2,7-9,12,14-19,21-22,33-34,41,44H,4,6,10-11,13,20,23-24H2,1,3H3,(H,42,45). The third kappa shape index (κ3) is 8.46. The Kier molecular flexibility index (Phi) is 10.6. The summed E-state index contributed by atoms with van der Waals surface area (Å²) in [7, 11) is 2.03. The minimum Gasteiger partial charge on any atom is -0.445 e. The van der Waals surface area contributed by atoms with Crippen LogP contribution in [0.2, 0.25) is 0 Å². The molecule has 0 radical (unpaired) electrons. The first-order valence-corrected chi connectivity index (χ1v) is 15.7. The minimum absolute atomic E-state index is 0.00882. The van der Waals surface area contributed by atoms with E-state index in [1.54, 1.807) is 12.3 Å². The first-order chi connectivity index (χ1) is 22.2. The quantitative estimate of drug-likeness (QED) is 0.144. The summed E-state index contributed by atoms with van der Waals surface area (Å²) in [6, 6.07) is 15.5. The second-order valence-electron chi connectivity index (χ2n) is 12.2. The van der Waals surface area contributed by atoms with Crippen LogP contribution in [0.3, 0.4) is 0 Å². The molecule has 1 aliphatic carbocycles. The van der Waals surface area contributed by atoms with E-state index in [9.17, 15) is 18.7 Å². The lowest BCUT2D eigenvalue weighted by molar-refractivity contribution is 0.0822. The third-order valence-electron chi connectivity index (χ3n) is 8.42. The van der Waals surface area contributed by atoms with Crippen LogP contribution in [0, 0.1) is 24.0 Å². The van der Waals surface area contributed by atoms with Gasteiger partial charge in [0, 0.05) is 41.4 Å². The smallest absolute Gasteiger partial charge is 0.251 e. The number of carbonyl (C=O) groups is 1. The number of hydrogen-bond acceptors (Lipinski definition) is 6. The number of aliphatic hydroxyl groups excluding tert-OH is 1. The first kappa shape index (κ1) is 33.0. The predicted molar refractivity (Wildman–Crippen MR) is 174 cm³/mol. The zero-order valence-electron chi connectivity index (χ0n) is 26.2. The number of rotatable bonds is 15. The lowest BCUT2D eigenvalue weighted by Gasteiger charge is -2.27. The van der Waals surface area contributed by atoms with E-state index in [-0.39, 0.29) is 18.5 Å². The minimum atomic E-state index is -1.09. The Labute approximate surface area is 269 Å². The zero-order chi connectivity index (χ0) is 32.7. The van der Waals surface area contributed by atoms with E-state index in [0.717, 1.165) is 55.0 Å². The monoisotopic (exact) mass is 626 g/mol. The highest BCUT2D eigenvalue weighted by Crippen LogP contribution is 2.45. The number of nitrogens with one attached hydrogen (secondary N) is 2. The predicted octanol–water partition coefficient (Wildman–Crippen LogP) is 5.81. The number of aromatic nitrogens is 1. The second-order valence-corrected chi connectivity index (χ2v) is 12.2. The van der Waals surface area contributed by atoms with Crippen LogP contribution in [-0.4, -0.2) is 53.2 Å². The number of oxazole rings is 1. The van der Waals surface area contributed by atoms with Crippen LogP contribution in [0.15, 0.2) is 77.5 Å². The van der Waals surface area contributed by atoms with Crippen molar-refractivity contribution in [1.29, 1.82) is 0 Å². The van der Waals surface area contributed by atoms with Crippen molar-refractivity contribution >= 4 is 5.91 Å². The molecule has 1 aromatic heterocycles. The molecule has 1 amide bonds. The Hall–Kier alpha value is -4.36. The number of terminal acetylenes is 1. The summed E-state index contributed by atoms with van der Waals surface area (Å²) in [5.41, 5.74) is 3.68. The fourth-order valence-electron chi connectivity index (χ4n) is 5.78. The number of amides is 1. The molecule has 4 aromatic rings. The molecule has 1 saturated carbocycles. The van der Waals surface area contributed by atoms with Gasteiger partial charge in [0.15, 0.2) is 0 Å². The number of carbonyl (C=O) groups excluding carboxylic acids is 1. The van der Waals surface area contributed by atoms with Crippen LogP contribution >= 0.6 is 0 Å². The Morgan fingerprint density at radius 3 is 2.59 bits per heavy atom. The maximum atomic E-state index is 14.1. The van der Waals surface area contributed by atoms with Gasteiger partial charge >= 0.3 is 0 Å². The van der Waals surface area contributed by atoms with E-state index < -0.39 is 29.7 Å². The van der Waals surface area contributed by atoms with Crippen molar-refractivity contribution in [1.82, 2.24) is 20.5 Å². The van der Waals surface area contributed by atoms with Gasteiger partial charge in [-0.1, -0.05) is 31.4 Å². The molecule has 5 rings (SSSR count). The van der Waals surface area contributed by atoms with Crippen molar-refractivity contribution in [2.75, 3.05) is 20.1 Å². The van der Waals surface area contributed by atoms with Crippen molar-refractivity contribution in [2.24, 2.45) is 0 Å². The molecule has 3 N–H and O–H groups in total. The third-order valence-corrected chi connectivity index (χ3v) is 8.42. The SMILES string of the molecule is C#Cc1cccc(C2(NCC(O)C(Cc3cc(F)cc(F)c3)NC(=O)c3cc(CN(C)CCCC)cc(-c4ncco4)c3)CC2)c1. The number of halogens is 2. The Balaban J connectivity index is 1.39. The fraction of sp³-hybridized carbons (Fsp3) is 0.351. The molecule has 3 aromatic carbocycles. The molecular formula is C37H40F2N4O3. The number of hydrogen-bond donors (Lipinski definition) is 3. The van der Waals surface area contributed by atoms with Gasteiger partial charge in [-0.05, 0) is 98.4 Å². The van der Waals surface area contributed by atoms with Gasteiger partial charge < -0.3 is 25.1 Å². The Morgan fingerprint density at radius 2 is 1.91 bits per heavy atom. The van der Waals surface area contributed by atoms with Gasteiger partial charge in [0.05, 0.1) is 18.3 Å². The summed E-state index contributed by atoms with van der Waals surface area (Å²) < 4.78 is 33.8. The second kappa shape index (κ2) is 14.8. The summed E-state index contributed by atoms with van der Waals surface area (Å²) in [6.45, 7) is 3.78. The molecule has 2 atom stereocenters. The van der Waals surface area contributed by atoms with Crippen LogP contribution < -0.4 is 10.6 Å². The number of unbranched alkanes of at least 4 members (excludes halogenated alkanes) is 1. The van der Waals surface area contributed by atoms with E-state index in [2.05, 4.69) is 33.4 Å². The van der Waals surface area contributed by atoms with Crippen LogP contribution in [0.4, 0.5) is 8.78 Å². The van der Waals surface area contributed by atoms with Crippen LogP contribution in [0.5, 0.6) is 0 Å². The lowest BCUT2D eigenvalue weighted by atomic mass is 9.98. The van der Waals surface area contributed by atoms with E-state index in [0.29, 0.717) is 29.1 Å². The highest BCUT2D eigenvalue weighted by molar-refractivity contribution is 5.95. The summed E-state index contributed by atoms with van der Waals surface area (Å²) in [4.78, 5) is 20.3. The molecule has 0 bridgehead atoms. The molecule has 46 heavy (non-hydrogen) atoms. The molecule has 240 valence electrons. The maximum Gasteiger partial charge on any atom is 0.251 e. The van der Waals surface area contributed by atoms with Gasteiger partial charge in [0.1, 0.15) is 17.9 Å². The molecule has 1 heterocycles. The van der Waals surface area contributed by atoms with Gasteiger partial charge in [-0.15, -0.1) is 6.42 Å². The molecule has 1 fully saturated rings. The summed E-state index contributed by atoms with van der Waals surface area (Å²) >= 11 is 0. The van der Waals surface area contributed by atoms with Crippen molar-refractivity contribution in [3.05, 3.63) is 113 Å². The van der Waals surface area contributed by atoms with Crippen LogP contribution in [0.1, 0.15) is 65.2 Å². The topological polar surface area (TPSA) is 90.6 Å². The Morgan fingerprint density at radius 1 is 1.13 bits per heavy atom. The fourth-order valence-corrected chi connectivity index (χ4v) is 5.78. The van der Waals surface area contributed by atoms with Gasteiger partial charge in [0.2, 0.25) is 5.89 Å². The molecular weight excluding hydrogens is 586 g/mol. The molecule has 0 saturated heterocycles. The maximum absolute atomic E-state index is 14.1. The Bertz CT molecular complexity index is 1660. The van der Waals surface area contributed by atoms with Crippen LogP contribution in [-0.2, 0) is 18.5 Å². The highest BCUT2D eigenvalue weighted by Gasteiger charge is 2.44. The van der Waals surface area contributed by atoms with Crippen LogP contribution in [0.25, 0.3) is 11.5 Å². The van der Waals surface area contributed by atoms with Crippen molar-refractivity contribution in [2.45, 2.75) is 63.3 Å². The average Bonchev–Trinajstić information content (AvgIpc) is 3.63. The van der Waals surface area contributed by atoms with Gasteiger partial charge in [-0.3, -0.25) is 4.79 Å². The van der Waals surface area contributed by atoms with E-state index >= 15 is 0 Å². The summed E-state index contributed by atoms with van der Waals surface area (Å²) in [5, 5.41) is 17.9. The average molecular weight is 627 g/mol. The van der Waals surface area contributed by atoms with Crippen molar-refractivity contribution in [3.63, 3.8) is 0 Å². The highest BCUT2D eigenvalue weighted by atomic mass is 19.1. The number of benzene rings is 3. The first-order valence-electron chi connectivity index (χ1n) is 15.7.